The smallest absolute Gasteiger partial charge is 0.296 e. The van der Waals surface area contributed by atoms with E-state index in [1.807, 2.05) is 13.8 Å². The number of H-pyrrole nitrogens is 1. The number of imidazole rings is 1. The Balaban J connectivity index is 0.000000763. The summed E-state index contributed by atoms with van der Waals surface area (Å²) in [6.07, 6.45) is 0.974. The maximum Gasteiger partial charge on any atom is 0.296 e. The molecule has 3 aromatic rings. The number of pyridine rings is 1. The molecule has 2 aliphatic heterocycles. The second-order valence-corrected chi connectivity index (χ2v) is 10.5. The first-order valence-corrected chi connectivity index (χ1v) is 14.6. The van der Waals surface area contributed by atoms with Crippen molar-refractivity contribution in [2.75, 3.05) is 20.3 Å². The van der Waals surface area contributed by atoms with E-state index in [1.165, 1.54) is 17.4 Å². The maximum atomic E-state index is 14.7. The van der Waals surface area contributed by atoms with Gasteiger partial charge in [0.15, 0.2) is 11.8 Å². The third-order valence-corrected chi connectivity index (χ3v) is 7.04. The van der Waals surface area contributed by atoms with E-state index in [2.05, 4.69) is 28.8 Å². The van der Waals surface area contributed by atoms with E-state index in [1.54, 1.807) is 7.05 Å². The van der Waals surface area contributed by atoms with Crippen molar-refractivity contribution >= 4 is 28.7 Å². The highest BCUT2D eigenvalue weighted by Gasteiger charge is 2.48. The van der Waals surface area contributed by atoms with Gasteiger partial charge in [-0.25, -0.2) is 8.78 Å². The van der Waals surface area contributed by atoms with Crippen molar-refractivity contribution in [1.29, 1.82) is 0 Å². The number of ether oxygens (including phenoxy) is 4. The van der Waals surface area contributed by atoms with Crippen LogP contribution in [-0.2, 0) is 16.1 Å². The van der Waals surface area contributed by atoms with E-state index in [0.717, 1.165) is 25.0 Å². The Morgan fingerprint density at radius 1 is 1.12 bits per heavy atom. The number of nitrogens with one attached hydrogen (secondary N) is 1. The van der Waals surface area contributed by atoms with Gasteiger partial charge in [0.1, 0.15) is 41.6 Å². The Hall–Kier alpha value is -3.06. The van der Waals surface area contributed by atoms with E-state index in [0.29, 0.717) is 5.52 Å². The fraction of sp³-hybridized carbons (Fsp3) is 0.552. The highest BCUT2D eigenvalue weighted by Crippen LogP contribution is 2.32. The zero-order chi connectivity index (χ0) is 30.6. The number of hydrogen-bond acceptors (Lipinski definition) is 8. The molecule has 1 aliphatic carbocycles. The lowest BCUT2D eigenvalue weighted by Crippen LogP contribution is -2.34. The van der Waals surface area contributed by atoms with Crippen LogP contribution in [0.15, 0.2) is 18.2 Å². The predicted octanol–water partition coefficient (Wildman–Crippen LogP) is 5.05. The molecule has 4 heterocycles. The molecular formula is C29H37ClF2N4O6. The lowest BCUT2D eigenvalue weighted by atomic mass is 10.1. The van der Waals surface area contributed by atoms with Crippen molar-refractivity contribution < 1.29 is 37.6 Å². The number of hydrogen-bond donors (Lipinski definition) is 2. The molecule has 230 valence electrons. The second kappa shape index (κ2) is 13.9. The Bertz CT molecular complexity index is 1360. The molecule has 4 atom stereocenters. The van der Waals surface area contributed by atoms with Crippen molar-refractivity contribution in [3.8, 4) is 11.9 Å². The molecule has 2 aromatic heterocycles. The molecule has 10 nitrogen and oxygen atoms in total. The lowest BCUT2D eigenvalue weighted by molar-refractivity contribution is 0.00706. The van der Waals surface area contributed by atoms with Gasteiger partial charge < -0.3 is 33.9 Å². The fourth-order valence-corrected chi connectivity index (χ4v) is 4.77. The molecule has 1 aromatic carbocycles. The summed E-state index contributed by atoms with van der Waals surface area (Å²) in [5.74, 6) is -2.32. The molecule has 0 spiro atoms. The van der Waals surface area contributed by atoms with Gasteiger partial charge in [-0.1, -0.05) is 45.7 Å². The van der Waals surface area contributed by atoms with Crippen LogP contribution in [0.3, 0.4) is 0 Å². The van der Waals surface area contributed by atoms with Crippen molar-refractivity contribution in [2.24, 2.45) is 0 Å². The maximum absolute atomic E-state index is 14.7. The summed E-state index contributed by atoms with van der Waals surface area (Å²) < 4.78 is 51.9. The number of aliphatic hydroxyl groups is 1. The van der Waals surface area contributed by atoms with Crippen LogP contribution in [0.5, 0.6) is 11.9 Å². The summed E-state index contributed by atoms with van der Waals surface area (Å²) in [5, 5.41) is 9.97. The molecule has 3 aliphatic rings. The van der Waals surface area contributed by atoms with Crippen LogP contribution in [0.25, 0.3) is 11.2 Å². The Kier molecular flexibility index (Phi) is 10.6. The molecule has 6 rings (SSSR count). The number of benzene rings is 1. The minimum atomic E-state index is -0.906. The molecule has 1 saturated carbocycles. The Morgan fingerprint density at radius 3 is 2.40 bits per heavy atom. The molecule has 3 fully saturated rings. The number of aliphatic hydroxyl groups excluding tert-OH is 1. The first kappa shape index (κ1) is 31.9. The number of amides is 1. The number of nitrogens with zero attached hydrogens (tertiary/aromatic N) is 3. The lowest BCUT2D eigenvalue weighted by Gasteiger charge is -2.17. The fourth-order valence-electron chi connectivity index (χ4n) is 4.56. The van der Waals surface area contributed by atoms with E-state index in [4.69, 9.17) is 30.5 Å². The summed E-state index contributed by atoms with van der Waals surface area (Å²) in [6, 6.07) is 3.77. The minimum absolute atomic E-state index is 0.0636. The van der Waals surface area contributed by atoms with Crippen molar-refractivity contribution in [2.45, 2.75) is 84.0 Å². The number of rotatable bonds is 7. The van der Waals surface area contributed by atoms with Gasteiger partial charge in [0, 0.05) is 18.7 Å². The van der Waals surface area contributed by atoms with Crippen LogP contribution < -0.4 is 9.47 Å². The highest BCUT2D eigenvalue weighted by atomic mass is 35.5. The Labute approximate surface area is 248 Å². The molecule has 0 bridgehead atoms. The molecule has 2 N–H and O–H groups in total. The molecule has 0 radical (unpaired) electrons. The molecular weight excluding hydrogens is 574 g/mol. The molecule has 2 saturated heterocycles. The largest absolute Gasteiger partial charge is 0.471 e. The number of halogens is 3. The summed E-state index contributed by atoms with van der Waals surface area (Å²) in [4.78, 5) is 25.4. The van der Waals surface area contributed by atoms with E-state index in [9.17, 15) is 18.7 Å². The SMILES string of the molecule is CC.CCC.CN(C(=O)c1cc(F)c(COc2nc3nc(O[C@@H]4COC5[C@H](O)CO[C@@H]54)[nH]c3cc2Cl)c(F)c1)C1CC1. The van der Waals surface area contributed by atoms with Crippen LogP contribution >= 0.6 is 11.6 Å². The van der Waals surface area contributed by atoms with Crippen LogP contribution in [0.2, 0.25) is 5.02 Å². The number of carbonyl (C=O) groups is 1. The predicted molar refractivity (Wildman–Crippen MR) is 152 cm³/mol. The van der Waals surface area contributed by atoms with Gasteiger partial charge in [0.05, 0.1) is 24.3 Å². The topological polar surface area (TPSA) is 119 Å². The first-order chi connectivity index (χ1) is 20.2. The van der Waals surface area contributed by atoms with Gasteiger partial charge in [-0.3, -0.25) is 4.79 Å². The average molecular weight is 611 g/mol. The van der Waals surface area contributed by atoms with E-state index < -0.39 is 48.6 Å². The summed E-state index contributed by atoms with van der Waals surface area (Å²) >= 11 is 6.27. The second-order valence-electron chi connectivity index (χ2n) is 10.1. The van der Waals surface area contributed by atoms with Crippen LogP contribution in [-0.4, -0.2) is 81.6 Å². The first-order valence-electron chi connectivity index (χ1n) is 14.2. The average Bonchev–Trinajstić information content (AvgIpc) is 3.49. The highest BCUT2D eigenvalue weighted by molar-refractivity contribution is 6.32. The Morgan fingerprint density at radius 2 is 1.76 bits per heavy atom. The van der Waals surface area contributed by atoms with Gasteiger partial charge >= 0.3 is 0 Å². The molecule has 42 heavy (non-hydrogen) atoms. The zero-order valence-corrected chi connectivity index (χ0v) is 25.1. The third-order valence-electron chi connectivity index (χ3n) is 6.77. The van der Waals surface area contributed by atoms with Crippen LogP contribution in [0.4, 0.5) is 8.78 Å². The van der Waals surface area contributed by atoms with Crippen molar-refractivity contribution in [3.05, 3.63) is 46.0 Å². The van der Waals surface area contributed by atoms with Crippen LogP contribution in [0.1, 0.15) is 62.9 Å². The number of fused-ring (bicyclic) bond motifs is 2. The monoisotopic (exact) mass is 610 g/mol. The number of carbonyl (C=O) groups excluding carboxylic acids is 1. The van der Waals surface area contributed by atoms with E-state index in [-0.39, 0.29) is 52.9 Å². The van der Waals surface area contributed by atoms with Crippen molar-refractivity contribution in [3.63, 3.8) is 0 Å². The summed E-state index contributed by atoms with van der Waals surface area (Å²) in [6.45, 7) is 8.15. The molecule has 1 amide bonds. The van der Waals surface area contributed by atoms with Gasteiger partial charge in [0.2, 0.25) is 5.88 Å². The van der Waals surface area contributed by atoms with Gasteiger partial charge in [-0.05, 0) is 31.0 Å². The van der Waals surface area contributed by atoms with Crippen molar-refractivity contribution in [1.82, 2.24) is 19.9 Å². The molecule has 13 heteroatoms. The number of aromatic nitrogens is 3. The normalized spacial score (nSPS) is 22.5. The standard InChI is InChI=1S/C24H23ClF2N4O6.C3H8.C2H6/c1-31(11-2-3-11)23(33)10-4-14(26)12(15(27)5-10)7-36-22-13(25)6-16-21(29-22)30-24(28-16)37-18-9-35-19-17(32)8-34-20(18)19;1-3-2;1-2/h4-6,11,17-20,32H,2-3,7-9H2,1H3,(H,28,29,30);3H2,1-2H3;1-2H3/t17-,18-,19?,20-;;/m1../s1. The van der Waals surface area contributed by atoms with Crippen LogP contribution in [0, 0.1) is 11.6 Å². The minimum Gasteiger partial charge on any atom is -0.471 e. The number of aromatic amines is 1. The van der Waals surface area contributed by atoms with Gasteiger partial charge in [-0.15, -0.1) is 0 Å². The third kappa shape index (κ3) is 6.94. The van der Waals surface area contributed by atoms with E-state index >= 15 is 0 Å². The quantitative estimate of drug-likeness (QED) is 0.381. The van der Waals surface area contributed by atoms with Gasteiger partial charge in [0.25, 0.3) is 11.9 Å². The van der Waals surface area contributed by atoms with Gasteiger partial charge in [-0.2, -0.15) is 9.97 Å². The summed E-state index contributed by atoms with van der Waals surface area (Å²) in [5.41, 5.74) is 0.243. The summed E-state index contributed by atoms with van der Waals surface area (Å²) in [7, 11) is 1.62. The molecule has 1 unspecified atom stereocenters. The zero-order valence-electron chi connectivity index (χ0n) is 24.3.